The molecule has 19 heavy (non-hydrogen) atoms. The van der Waals surface area contributed by atoms with E-state index in [1.165, 1.54) is 31.3 Å². The molecule has 0 saturated carbocycles. The predicted molar refractivity (Wildman–Crippen MR) is 81.1 cm³/mol. The minimum Gasteiger partial charge on any atom is -0.345 e. The first-order valence-corrected chi connectivity index (χ1v) is 8.16. The van der Waals surface area contributed by atoms with Crippen molar-refractivity contribution in [2.75, 3.05) is 44.2 Å². The molecule has 0 amide bonds. The first-order chi connectivity index (χ1) is 9.13. The molecule has 5 heteroatoms. The van der Waals surface area contributed by atoms with Crippen LogP contribution in [0.1, 0.15) is 19.5 Å². The minimum absolute atomic E-state index is 0.693. The van der Waals surface area contributed by atoms with E-state index in [0.29, 0.717) is 6.04 Å². The van der Waals surface area contributed by atoms with Gasteiger partial charge in [0, 0.05) is 56.7 Å². The van der Waals surface area contributed by atoms with E-state index in [9.17, 15) is 0 Å². The topological polar surface area (TPSA) is 22.6 Å². The van der Waals surface area contributed by atoms with E-state index in [4.69, 9.17) is 0 Å². The molecule has 2 fully saturated rings. The first-order valence-electron chi connectivity index (χ1n) is 7.28. The molecule has 2 aliphatic heterocycles. The van der Waals surface area contributed by atoms with Gasteiger partial charge >= 0.3 is 0 Å². The van der Waals surface area contributed by atoms with Crippen molar-refractivity contribution in [3.63, 3.8) is 0 Å². The van der Waals surface area contributed by atoms with Gasteiger partial charge in [-0.1, -0.05) is 0 Å². The molecule has 3 heterocycles. The Bertz CT molecular complexity index is 417. The summed E-state index contributed by atoms with van der Waals surface area (Å²) in [6.45, 7) is 13.9. The molecular formula is C14H24N4S. The van der Waals surface area contributed by atoms with Crippen LogP contribution in [-0.4, -0.2) is 66.1 Å². The SMILES string of the molecule is Cc1csc(N2CC(N3CCN(C(C)C)CC3)C2)n1. The molecule has 0 N–H and O–H groups in total. The van der Waals surface area contributed by atoms with E-state index in [1.54, 1.807) is 11.3 Å². The second kappa shape index (κ2) is 5.38. The molecule has 0 unspecified atom stereocenters. The number of anilines is 1. The summed E-state index contributed by atoms with van der Waals surface area (Å²) in [5.41, 5.74) is 1.15. The Balaban J connectivity index is 1.47. The quantitative estimate of drug-likeness (QED) is 0.840. The lowest BCUT2D eigenvalue weighted by atomic mass is 10.1. The maximum Gasteiger partial charge on any atom is 0.185 e. The summed E-state index contributed by atoms with van der Waals surface area (Å²) in [5, 5.41) is 3.35. The zero-order valence-corrected chi connectivity index (χ0v) is 13.0. The average molecular weight is 280 g/mol. The molecule has 3 rings (SSSR count). The zero-order valence-electron chi connectivity index (χ0n) is 12.2. The van der Waals surface area contributed by atoms with Crippen LogP contribution in [0.5, 0.6) is 0 Å². The average Bonchev–Trinajstić information content (AvgIpc) is 2.74. The van der Waals surface area contributed by atoms with E-state index in [1.807, 2.05) is 0 Å². The number of piperazine rings is 1. The van der Waals surface area contributed by atoms with Gasteiger partial charge in [0.05, 0.1) is 5.69 Å². The molecule has 0 bridgehead atoms. The maximum atomic E-state index is 4.57. The summed E-state index contributed by atoms with van der Waals surface area (Å²) in [7, 11) is 0. The van der Waals surface area contributed by atoms with Crippen LogP contribution in [-0.2, 0) is 0 Å². The summed E-state index contributed by atoms with van der Waals surface area (Å²) in [4.78, 5) is 12.2. The highest BCUT2D eigenvalue weighted by atomic mass is 32.1. The maximum absolute atomic E-state index is 4.57. The van der Waals surface area contributed by atoms with E-state index < -0.39 is 0 Å². The number of aromatic nitrogens is 1. The third-order valence-electron chi connectivity index (χ3n) is 4.34. The third kappa shape index (κ3) is 2.78. The monoisotopic (exact) mass is 280 g/mol. The van der Waals surface area contributed by atoms with Crippen LogP contribution >= 0.6 is 11.3 Å². The number of hydrogen-bond acceptors (Lipinski definition) is 5. The lowest BCUT2D eigenvalue weighted by Gasteiger charge is -2.48. The Kier molecular flexibility index (Phi) is 3.78. The predicted octanol–water partition coefficient (Wildman–Crippen LogP) is 1.67. The normalized spacial score (nSPS) is 23.1. The van der Waals surface area contributed by atoms with Crippen molar-refractivity contribution in [1.82, 2.24) is 14.8 Å². The number of nitrogens with zero attached hydrogens (tertiary/aromatic N) is 4. The number of aryl methyl sites for hydroxylation is 1. The van der Waals surface area contributed by atoms with Crippen LogP contribution in [0.3, 0.4) is 0 Å². The molecule has 1 aromatic heterocycles. The third-order valence-corrected chi connectivity index (χ3v) is 5.35. The second-order valence-corrected chi connectivity index (χ2v) is 6.83. The van der Waals surface area contributed by atoms with Crippen LogP contribution < -0.4 is 4.90 Å². The van der Waals surface area contributed by atoms with Crippen molar-refractivity contribution >= 4 is 16.5 Å². The number of hydrogen-bond donors (Lipinski definition) is 0. The van der Waals surface area contributed by atoms with Crippen molar-refractivity contribution < 1.29 is 0 Å². The fourth-order valence-corrected chi connectivity index (χ4v) is 3.77. The molecule has 2 saturated heterocycles. The molecule has 0 atom stereocenters. The summed E-state index contributed by atoms with van der Waals surface area (Å²) in [5.74, 6) is 0. The van der Waals surface area contributed by atoms with Gasteiger partial charge in [0.1, 0.15) is 0 Å². The van der Waals surface area contributed by atoms with Gasteiger partial charge in [0.25, 0.3) is 0 Å². The molecule has 0 radical (unpaired) electrons. The summed E-state index contributed by atoms with van der Waals surface area (Å²) >= 11 is 1.77. The summed E-state index contributed by atoms with van der Waals surface area (Å²) in [6, 6.07) is 1.44. The summed E-state index contributed by atoms with van der Waals surface area (Å²) < 4.78 is 0. The van der Waals surface area contributed by atoms with Crippen molar-refractivity contribution in [2.24, 2.45) is 0 Å². The summed E-state index contributed by atoms with van der Waals surface area (Å²) in [6.07, 6.45) is 0. The Morgan fingerprint density at radius 1 is 1.21 bits per heavy atom. The van der Waals surface area contributed by atoms with Crippen molar-refractivity contribution in [1.29, 1.82) is 0 Å². The molecule has 106 valence electrons. The van der Waals surface area contributed by atoms with E-state index in [2.05, 4.69) is 45.8 Å². The Morgan fingerprint density at radius 3 is 2.42 bits per heavy atom. The fraction of sp³-hybridized carbons (Fsp3) is 0.786. The van der Waals surface area contributed by atoms with E-state index in [0.717, 1.165) is 24.8 Å². The Morgan fingerprint density at radius 2 is 1.89 bits per heavy atom. The van der Waals surface area contributed by atoms with E-state index in [-0.39, 0.29) is 0 Å². The van der Waals surface area contributed by atoms with Gasteiger partial charge in [-0.25, -0.2) is 4.98 Å². The highest BCUT2D eigenvalue weighted by Gasteiger charge is 2.34. The van der Waals surface area contributed by atoms with Crippen LogP contribution in [0.2, 0.25) is 0 Å². The smallest absolute Gasteiger partial charge is 0.185 e. The van der Waals surface area contributed by atoms with Gasteiger partial charge in [0.2, 0.25) is 0 Å². The Hall–Kier alpha value is -0.650. The van der Waals surface area contributed by atoms with Crippen LogP contribution in [0, 0.1) is 6.92 Å². The van der Waals surface area contributed by atoms with Gasteiger partial charge < -0.3 is 4.90 Å². The lowest BCUT2D eigenvalue weighted by molar-refractivity contribution is 0.0678. The highest BCUT2D eigenvalue weighted by molar-refractivity contribution is 7.13. The van der Waals surface area contributed by atoms with Crippen LogP contribution in [0.4, 0.5) is 5.13 Å². The van der Waals surface area contributed by atoms with Gasteiger partial charge in [-0.2, -0.15) is 0 Å². The highest BCUT2D eigenvalue weighted by Crippen LogP contribution is 2.27. The zero-order chi connectivity index (χ0) is 13.4. The van der Waals surface area contributed by atoms with Gasteiger partial charge in [-0.3, -0.25) is 9.80 Å². The second-order valence-electron chi connectivity index (χ2n) is 6.00. The van der Waals surface area contributed by atoms with Crippen molar-refractivity contribution in [2.45, 2.75) is 32.9 Å². The molecule has 1 aromatic rings. The molecule has 0 aromatic carbocycles. The number of thiazole rings is 1. The molecule has 0 aliphatic carbocycles. The van der Waals surface area contributed by atoms with Gasteiger partial charge in [0.15, 0.2) is 5.13 Å². The largest absolute Gasteiger partial charge is 0.345 e. The van der Waals surface area contributed by atoms with Crippen molar-refractivity contribution in [3.8, 4) is 0 Å². The van der Waals surface area contributed by atoms with Crippen molar-refractivity contribution in [3.05, 3.63) is 11.1 Å². The Labute approximate surface area is 120 Å². The van der Waals surface area contributed by atoms with Crippen LogP contribution in [0.15, 0.2) is 5.38 Å². The molecular weight excluding hydrogens is 256 g/mol. The first kappa shape index (κ1) is 13.3. The molecule has 4 nitrogen and oxygen atoms in total. The fourth-order valence-electron chi connectivity index (χ4n) is 2.95. The number of rotatable bonds is 3. The van der Waals surface area contributed by atoms with Gasteiger partial charge in [-0.15, -0.1) is 11.3 Å². The lowest BCUT2D eigenvalue weighted by Crippen LogP contribution is -2.63. The molecule has 0 spiro atoms. The van der Waals surface area contributed by atoms with E-state index >= 15 is 0 Å². The van der Waals surface area contributed by atoms with Gasteiger partial charge in [-0.05, 0) is 20.8 Å². The minimum atomic E-state index is 0.693. The standard InChI is InChI=1S/C14H24N4S/c1-11(2)16-4-6-17(7-5-16)13-8-18(9-13)14-15-12(3)10-19-14/h10-11,13H,4-9H2,1-3H3. The molecule has 2 aliphatic rings. The van der Waals surface area contributed by atoms with Crippen LogP contribution in [0.25, 0.3) is 0 Å².